The van der Waals surface area contributed by atoms with Gasteiger partial charge in [0.05, 0.1) is 6.54 Å². The van der Waals surface area contributed by atoms with Gasteiger partial charge in [0, 0.05) is 19.0 Å². The number of carbonyl (C=O) groups is 1. The van der Waals surface area contributed by atoms with Crippen molar-refractivity contribution in [2.75, 3.05) is 13.1 Å². The first-order chi connectivity index (χ1) is 8.70. The van der Waals surface area contributed by atoms with Crippen LogP contribution in [0.25, 0.3) is 0 Å². The highest BCUT2D eigenvalue weighted by atomic mass is 16.1. The van der Waals surface area contributed by atoms with Gasteiger partial charge < -0.3 is 0 Å². The van der Waals surface area contributed by atoms with E-state index >= 15 is 0 Å². The average Bonchev–Trinajstić information content (AvgIpc) is 2.77. The summed E-state index contributed by atoms with van der Waals surface area (Å²) in [5.74, 6) is 1.54. The molecular weight excluding hydrogens is 228 g/mol. The lowest BCUT2D eigenvalue weighted by atomic mass is 9.95. The van der Waals surface area contributed by atoms with Crippen molar-refractivity contribution in [3.05, 3.63) is 12.2 Å². The molecular formula is C13H22N4O. The van der Waals surface area contributed by atoms with Gasteiger partial charge in [0.15, 0.2) is 0 Å². The van der Waals surface area contributed by atoms with Crippen LogP contribution in [-0.2, 0) is 17.9 Å². The molecule has 1 aliphatic heterocycles. The lowest BCUT2D eigenvalue weighted by Gasteiger charge is -2.31. The Hall–Kier alpha value is -1.23. The molecule has 0 spiro atoms. The van der Waals surface area contributed by atoms with E-state index in [-0.39, 0.29) is 5.92 Å². The summed E-state index contributed by atoms with van der Waals surface area (Å²) in [4.78, 5) is 18.1. The maximum absolute atomic E-state index is 11.5. The minimum atomic E-state index is 0.210. The van der Waals surface area contributed by atoms with Crippen LogP contribution in [0.5, 0.6) is 0 Å². The van der Waals surface area contributed by atoms with Crippen LogP contribution >= 0.6 is 0 Å². The highest BCUT2D eigenvalue weighted by molar-refractivity contribution is 5.78. The minimum Gasteiger partial charge on any atom is -0.300 e. The lowest BCUT2D eigenvalue weighted by molar-refractivity contribution is -0.122. The molecule has 1 aromatic rings. The topological polar surface area (TPSA) is 51.0 Å². The number of likely N-dealkylation sites (tertiary alicyclic amines) is 1. The van der Waals surface area contributed by atoms with Gasteiger partial charge in [-0.2, -0.15) is 5.10 Å². The van der Waals surface area contributed by atoms with Gasteiger partial charge >= 0.3 is 0 Å². The molecule has 1 saturated heterocycles. The summed E-state index contributed by atoms with van der Waals surface area (Å²) in [6, 6.07) is 0. The number of piperidine rings is 1. The number of rotatable bonds is 5. The number of hydrogen-bond acceptors (Lipinski definition) is 4. The van der Waals surface area contributed by atoms with Gasteiger partial charge in [-0.05, 0) is 32.7 Å². The zero-order valence-corrected chi connectivity index (χ0v) is 11.3. The third kappa shape index (κ3) is 3.16. The third-order valence-corrected chi connectivity index (χ3v) is 3.58. The van der Waals surface area contributed by atoms with Gasteiger partial charge in [0.2, 0.25) is 0 Å². The maximum atomic E-state index is 11.5. The molecule has 18 heavy (non-hydrogen) atoms. The quantitative estimate of drug-likeness (QED) is 0.794. The molecule has 0 amide bonds. The fourth-order valence-electron chi connectivity index (χ4n) is 2.54. The predicted molar refractivity (Wildman–Crippen MR) is 69.0 cm³/mol. The van der Waals surface area contributed by atoms with Crippen LogP contribution in [-0.4, -0.2) is 38.5 Å². The number of ketones is 1. The Bertz CT molecular complexity index is 401. The Morgan fingerprint density at radius 2 is 2.39 bits per heavy atom. The van der Waals surface area contributed by atoms with Crippen LogP contribution in [0, 0.1) is 5.92 Å². The van der Waals surface area contributed by atoms with Crippen LogP contribution in [0.3, 0.4) is 0 Å². The zero-order valence-electron chi connectivity index (χ0n) is 11.3. The monoisotopic (exact) mass is 250 g/mol. The fraction of sp³-hybridized carbons (Fsp3) is 0.769. The van der Waals surface area contributed by atoms with E-state index in [4.69, 9.17) is 0 Å². The van der Waals surface area contributed by atoms with E-state index in [2.05, 4.69) is 21.9 Å². The summed E-state index contributed by atoms with van der Waals surface area (Å²) in [6.45, 7) is 7.49. The summed E-state index contributed by atoms with van der Waals surface area (Å²) < 4.78 is 1.97. The van der Waals surface area contributed by atoms with Gasteiger partial charge in [-0.1, -0.05) is 6.92 Å². The molecule has 2 heterocycles. The zero-order chi connectivity index (χ0) is 13.0. The Morgan fingerprint density at radius 1 is 1.56 bits per heavy atom. The first-order valence-electron chi connectivity index (χ1n) is 6.80. The second kappa shape index (κ2) is 6.09. The first kappa shape index (κ1) is 13.2. The number of nitrogens with zero attached hydrogens (tertiary/aromatic N) is 4. The molecule has 0 aliphatic carbocycles. The molecule has 0 aromatic carbocycles. The molecule has 5 heteroatoms. The fourth-order valence-corrected chi connectivity index (χ4v) is 2.54. The van der Waals surface area contributed by atoms with Crippen molar-refractivity contribution in [3.63, 3.8) is 0 Å². The van der Waals surface area contributed by atoms with E-state index in [1.54, 1.807) is 13.3 Å². The smallest absolute Gasteiger partial charge is 0.141 e. The van der Waals surface area contributed by atoms with Crippen molar-refractivity contribution in [2.24, 2.45) is 5.92 Å². The summed E-state index contributed by atoms with van der Waals surface area (Å²) in [6.07, 6.45) is 4.82. The SMILES string of the molecule is CCCn1ncnc1CN1CCCC(C(C)=O)C1. The number of aryl methyl sites for hydroxylation is 1. The van der Waals surface area contributed by atoms with Crippen molar-refractivity contribution < 1.29 is 4.79 Å². The number of hydrogen-bond donors (Lipinski definition) is 0. The highest BCUT2D eigenvalue weighted by Gasteiger charge is 2.24. The second-order valence-electron chi connectivity index (χ2n) is 5.08. The Morgan fingerprint density at radius 3 is 3.11 bits per heavy atom. The van der Waals surface area contributed by atoms with Gasteiger partial charge in [-0.15, -0.1) is 0 Å². The maximum Gasteiger partial charge on any atom is 0.141 e. The van der Waals surface area contributed by atoms with Crippen LogP contribution in [0.1, 0.15) is 38.9 Å². The molecule has 0 saturated carbocycles. The van der Waals surface area contributed by atoms with Crippen molar-refractivity contribution in [3.8, 4) is 0 Å². The molecule has 2 rings (SSSR count). The van der Waals surface area contributed by atoms with Gasteiger partial charge in [0.25, 0.3) is 0 Å². The molecule has 0 bridgehead atoms. The number of aromatic nitrogens is 3. The van der Waals surface area contributed by atoms with Gasteiger partial charge in [-0.25, -0.2) is 9.67 Å². The van der Waals surface area contributed by atoms with Crippen molar-refractivity contribution in [1.82, 2.24) is 19.7 Å². The summed E-state index contributed by atoms with van der Waals surface area (Å²) in [5, 5.41) is 4.24. The summed E-state index contributed by atoms with van der Waals surface area (Å²) in [7, 11) is 0. The predicted octanol–water partition coefficient (Wildman–Crippen LogP) is 1.49. The van der Waals surface area contributed by atoms with Crippen LogP contribution in [0.2, 0.25) is 0 Å². The molecule has 1 aliphatic rings. The molecule has 1 fully saturated rings. The average molecular weight is 250 g/mol. The summed E-state index contributed by atoms with van der Waals surface area (Å²) in [5.41, 5.74) is 0. The third-order valence-electron chi connectivity index (χ3n) is 3.58. The van der Waals surface area contributed by atoms with Gasteiger partial charge in [0.1, 0.15) is 17.9 Å². The first-order valence-corrected chi connectivity index (χ1v) is 6.80. The van der Waals surface area contributed by atoms with Crippen molar-refractivity contribution in [1.29, 1.82) is 0 Å². The molecule has 0 radical (unpaired) electrons. The van der Waals surface area contributed by atoms with Crippen LogP contribution < -0.4 is 0 Å². The molecule has 0 N–H and O–H groups in total. The molecule has 1 unspecified atom stereocenters. The van der Waals surface area contributed by atoms with Gasteiger partial charge in [-0.3, -0.25) is 9.69 Å². The lowest BCUT2D eigenvalue weighted by Crippen LogP contribution is -2.38. The van der Waals surface area contributed by atoms with E-state index in [1.807, 2.05) is 4.68 Å². The molecule has 100 valence electrons. The Kier molecular flexibility index (Phi) is 4.47. The van der Waals surface area contributed by atoms with Crippen molar-refractivity contribution >= 4 is 5.78 Å². The molecule has 1 atom stereocenters. The minimum absolute atomic E-state index is 0.210. The van der Waals surface area contributed by atoms with Crippen LogP contribution in [0.4, 0.5) is 0 Å². The normalized spacial score (nSPS) is 21.1. The van der Waals surface area contributed by atoms with E-state index in [1.165, 1.54) is 0 Å². The van der Waals surface area contributed by atoms with E-state index < -0.39 is 0 Å². The second-order valence-corrected chi connectivity index (χ2v) is 5.08. The van der Waals surface area contributed by atoms with E-state index in [0.717, 1.165) is 51.3 Å². The van der Waals surface area contributed by atoms with E-state index in [0.29, 0.717) is 5.78 Å². The Balaban J connectivity index is 1.96. The standard InChI is InChI=1S/C13H22N4O/c1-3-6-17-13(14-10-15-17)9-16-7-4-5-12(8-16)11(2)18/h10,12H,3-9H2,1-2H3. The number of carbonyl (C=O) groups excluding carboxylic acids is 1. The number of Topliss-reactive ketones (excluding diaryl/α,β-unsaturated/α-hetero) is 1. The van der Waals surface area contributed by atoms with Crippen LogP contribution in [0.15, 0.2) is 6.33 Å². The molecule has 1 aromatic heterocycles. The Labute approximate surface area is 108 Å². The largest absolute Gasteiger partial charge is 0.300 e. The highest BCUT2D eigenvalue weighted by Crippen LogP contribution is 2.18. The van der Waals surface area contributed by atoms with Crippen molar-refractivity contribution in [2.45, 2.75) is 46.2 Å². The molecule has 5 nitrogen and oxygen atoms in total. The summed E-state index contributed by atoms with van der Waals surface area (Å²) >= 11 is 0. The van der Waals surface area contributed by atoms with E-state index in [9.17, 15) is 4.79 Å².